The van der Waals surface area contributed by atoms with Crippen LogP contribution in [0.5, 0.6) is 0 Å². The Hall–Kier alpha value is -2.52. The molecule has 0 aliphatic carbocycles. The van der Waals surface area contributed by atoms with Gasteiger partial charge in [-0.2, -0.15) is 13.2 Å². The van der Waals surface area contributed by atoms with Gasteiger partial charge in [0.05, 0.1) is 30.5 Å². The van der Waals surface area contributed by atoms with Crippen LogP contribution in [0.4, 0.5) is 17.6 Å². The van der Waals surface area contributed by atoms with Crippen LogP contribution in [0, 0.1) is 12.7 Å². The molecule has 0 bridgehead atoms. The van der Waals surface area contributed by atoms with E-state index < -0.39 is 17.8 Å². The lowest BCUT2D eigenvalue weighted by molar-refractivity contribution is -0.141. The van der Waals surface area contributed by atoms with Crippen molar-refractivity contribution in [3.63, 3.8) is 0 Å². The number of alkyl halides is 3. The lowest BCUT2D eigenvalue weighted by atomic mass is 10.0. The summed E-state index contributed by atoms with van der Waals surface area (Å²) in [6, 6.07) is 7.75. The number of carbonyl (C=O) groups excluding carboxylic acids is 1. The Morgan fingerprint density at radius 3 is 2.59 bits per heavy atom. The molecule has 1 aromatic heterocycles. The summed E-state index contributed by atoms with van der Waals surface area (Å²) in [5.41, 5.74) is -0.282. The molecular formula is C20H21F4N3O2. The third kappa shape index (κ3) is 5.30. The van der Waals surface area contributed by atoms with Crippen LogP contribution in [-0.2, 0) is 10.9 Å². The molecule has 1 aliphatic heterocycles. The molecule has 156 valence electrons. The second-order valence-electron chi connectivity index (χ2n) is 6.76. The molecule has 29 heavy (non-hydrogen) atoms. The van der Waals surface area contributed by atoms with Crippen molar-refractivity contribution in [3.8, 4) is 0 Å². The predicted octanol–water partition coefficient (Wildman–Crippen LogP) is 3.35. The molecule has 5 nitrogen and oxygen atoms in total. The number of nitrogens with zero attached hydrogens (tertiary/aromatic N) is 2. The highest BCUT2D eigenvalue weighted by Gasteiger charge is 2.33. The number of morpholine rings is 1. The van der Waals surface area contributed by atoms with Crippen molar-refractivity contribution in [1.82, 2.24) is 15.2 Å². The maximum Gasteiger partial charge on any atom is 0.433 e. The van der Waals surface area contributed by atoms with E-state index in [0.29, 0.717) is 31.9 Å². The maximum atomic E-state index is 13.7. The molecule has 1 saturated heterocycles. The Labute approximate surface area is 165 Å². The van der Waals surface area contributed by atoms with Crippen molar-refractivity contribution in [1.29, 1.82) is 0 Å². The van der Waals surface area contributed by atoms with E-state index in [1.165, 1.54) is 19.1 Å². The standard InChI is InChI=1S/C20H21F4N3O2/c1-13-16(5-6-18(26-13)20(22,23)24)19(28)25-12-17(27-7-9-29-10-8-27)14-3-2-4-15(21)11-14/h2-6,11,17H,7-10,12H2,1H3,(H,25,28). The van der Waals surface area contributed by atoms with Gasteiger partial charge in [-0.05, 0) is 36.8 Å². The minimum absolute atomic E-state index is 0.00833. The molecule has 1 amide bonds. The summed E-state index contributed by atoms with van der Waals surface area (Å²) < 4.78 is 57.4. The lowest BCUT2D eigenvalue weighted by Gasteiger charge is -2.35. The van der Waals surface area contributed by atoms with Gasteiger partial charge < -0.3 is 10.1 Å². The molecule has 2 heterocycles. The first-order valence-electron chi connectivity index (χ1n) is 9.16. The Balaban J connectivity index is 1.76. The molecule has 0 spiro atoms. The normalized spacial score (nSPS) is 16.4. The van der Waals surface area contributed by atoms with Gasteiger partial charge in [-0.3, -0.25) is 9.69 Å². The number of pyridine rings is 1. The Morgan fingerprint density at radius 2 is 1.97 bits per heavy atom. The maximum absolute atomic E-state index is 13.7. The van der Waals surface area contributed by atoms with Gasteiger partial charge in [0, 0.05) is 19.6 Å². The number of ether oxygens (including phenoxy) is 1. The first-order valence-corrected chi connectivity index (χ1v) is 9.16. The number of rotatable bonds is 5. The number of amides is 1. The van der Waals surface area contributed by atoms with E-state index in [4.69, 9.17) is 4.74 Å². The van der Waals surface area contributed by atoms with Crippen LogP contribution < -0.4 is 5.32 Å². The lowest BCUT2D eigenvalue weighted by Crippen LogP contribution is -2.44. The molecule has 1 unspecified atom stereocenters. The second-order valence-corrected chi connectivity index (χ2v) is 6.76. The van der Waals surface area contributed by atoms with Crippen molar-refractivity contribution in [2.75, 3.05) is 32.8 Å². The minimum Gasteiger partial charge on any atom is -0.379 e. The highest BCUT2D eigenvalue weighted by atomic mass is 19.4. The van der Waals surface area contributed by atoms with Crippen molar-refractivity contribution in [2.24, 2.45) is 0 Å². The molecule has 3 rings (SSSR count). The monoisotopic (exact) mass is 411 g/mol. The fourth-order valence-electron chi connectivity index (χ4n) is 3.30. The van der Waals surface area contributed by atoms with Crippen molar-refractivity contribution >= 4 is 5.91 Å². The summed E-state index contributed by atoms with van der Waals surface area (Å²) in [5.74, 6) is -0.909. The van der Waals surface area contributed by atoms with Crippen molar-refractivity contribution < 1.29 is 27.1 Å². The Bertz CT molecular complexity index is 867. The van der Waals surface area contributed by atoms with Crippen molar-refractivity contribution in [2.45, 2.75) is 19.1 Å². The van der Waals surface area contributed by atoms with Gasteiger partial charge in [-0.15, -0.1) is 0 Å². The number of aryl methyl sites for hydroxylation is 1. The fraction of sp³-hybridized carbons (Fsp3) is 0.400. The van der Waals surface area contributed by atoms with Crippen LogP contribution in [0.2, 0.25) is 0 Å². The van der Waals surface area contributed by atoms with Gasteiger partial charge in [0.2, 0.25) is 0 Å². The van der Waals surface area contributed by atoms with Crippen LogP contribution in [-0.4, -0.2) is 48.6 Å². The van der Waals surface area contributed by atoms with Crippen LogP contribution in [0.15, 0.2) is 36.4 Å². The summed E-state index contributed by atoms with van der Waals surface area (Å²) in [4.78, 5) is 18.1. The number of benzene rings is 1. The van der Waals surface area contributed by atoms with E-state index >= 15 is 0 Å². The van der Waals surface area contributed by atoms with E-state index in [-0.39, 0.29) is 29.7 Å². The summed E-state index contributed by atoms with van der Waals surface area (Å²) in [6.07, 6.45) is -4.57. The minimum atomic E-state index is -4.57. The summed E-state index contributed by atoms with van der Waals surface area (Å²) in [6.45, 7) is 3.83. The molecule has 1 N–H and O–H groups in total. The molecule has 1 fully saturated rings. The second kappa shape index (κ2) is 8.87. The van der Waals surface area contributed by atoms with Gasteiger partial charge in [0.1, 0.15) is 11.5 Å². The smallest absolute Gasteiger partial charge is 0.379 e. The van der Waals surface area contributed by atoms with Gasteiger partial charge in [-0.25, -0.2) is 9.37 Å². The molecule has 0 radical (unpaired) electrons. The Kier molecular flexibility index (Phi) is 6.49. The number of hydrogen-bond acceptors (Lipinski definition) is 4. The highest BCUT2D eigenvalue weighted by molar-refractivity contribution is 5.95. The number of carbonyl (C=O) groups is 1. The largest absolute Gasteiger partial charge is 0.433 e. The molecule has 9 heteroatoms. The number of nitrogens with one attached hydrogen (secondary N) is 1. The topological polar surface area (TPSA) is 54.5 Å². The van der Waals surface area contributed by atoms with Crippen molar-refractivity contribution in [3.05, 3.63) is 64.7 Å². The molecule has 1 atom stereocenters. The van der Waals surface area contributed by atoms with E-state index in [2.05, 4.69) is 15.2 Å². The van der Waals surface area contributed by atoms with Crippen LogP contribution in [0.3, 0.4) is 0 Å². The zero-order chi connectivity index (χ0) is 21.0. The average molecular weight is 411 g/mol. The number of halogens is 4. The molecule has 1 aromatic carbocycles. The third-order valence-electron chi connectivity index (χ3n) is 4.80. The fourth-order valence-corrected chi connectivity index (χ4v) is 3.30. The molecular weight excluding hydrogens is 390 g/mol. The third-order valence-corrected chi connectivity index (χ3v) is 4.80. The zero-order valence-electron chi connectivity index (χ0n) is 15.8. The van der Waals surface area contributed by atoms with E-state index in [0.717, 1.165) is 12.1 Å². The van der Waals surface area contributed by atoms with Gasteiger partial charge in [0.25, 0.3) is 5.91 Å². The van der Waals surface area contributed by atoms with E-state index in [9.17, 15) is 22.4 Å². The number of aromatic nitrogens is 1. The molecule has 1 aliphatic rings. The quantitative estimate of drug-likeness (QED) is 0.767. The van der Waals surface area contributed by atoms with Crippen LogP contribution in [0.1, 0.15) is 33.4 Å². The summed E-state index contributed by atoms with van der Waals surface area (Å²) in [7, 11) is 0. The van der Waals surface area contributed by atoms with Gasteiger partial charge in [-0.1, -0.05) is 12.1 Å². The first-order chi connectivity index (χ1) is 13.8. The summed E-state index contributed by atoms with van der Waals surface area (Å²) >= 11 is 0. The predicted molar refractivity (Wildman–Crippen MR) is 97.8 cm³/mol. The van der Waals surface area contributed by atoms with Crippen LogP contribution >= 0.6 is 0 Å². The van der Waals surface area contributed by atoms with Gasteiger partial charge >= 0.3 is 6.18 Å². The summed E-state index contributed by atoms with van der Waals surface area (Å²) in [5, 5.41) is 2.75. The van der Waals surface area contributed by atoms with Gasteiger partial charge in [0.15, 0.2) is 0 Å². The van der Waals surface area contributed by atoms with E-state index in [1.54, 1.807) is 12.1 Å². The SMILES string of the molecule is Cc1nc(C(F)(F)F)ccc1C(=O)NCC(c1cccc(F)c1)N1CCOCC1. The number of hydrogen-bond donors (Lipinski definition) is 1. The first kappa shape index (κ1) is 21.2. The molecule has 2 aromatic rings. The van der Waals surface area contributed by atoms with Crippen LogP contribution in [0.25, 0.3) is 0 Å². The Morgan fingerprint density at radius 1 is 1.24 bits per heavy atom. The zero-order valence-corrected chi connectivity index (χ0v) is 15.8. The highest BCUT2D eigenvalue weighted by Crippen LogP contribution is 2.28. The average Bonchev–Trinajstić information content (AvgIpc) is 2.68. The van der Waals surface area contributed by atoms with E-state index in [1.807, 2.05) is 0 Å². The molecule has 0 saturated carbocycles.